The number of phenolic OH excluding ortho intramolecular Hbond substituents is 1. The molecule has 0 spiro atoms. The van der Waals surface area contributed by atoms with E-state index in [0.29, 0.717) is 11.8 Å². The molecule has 0 bridgehead atoms. The van der Waals surface area contributed by atoms with Gasteiger partial charge in [-0.1, -0.05) is 29.8 Å². The van der Waals surface area contributed by atoms with Gasteiger partial charge in [0.25, 0.3) is 0 Å². The number of halogens is 1. The highest BCUT2D eigenvalue weighted by Crippen LogP contribution is 2.17. The lowest BCUT2D eigenvalue weighted by Crippen LogP contribution is -2.15. The van der Waals surface area contributed by atoms with Crippen LogP contribution >= 0.6 is 11.6 Å². The van der Waals surface area contributed by atoms with Gasteiger partial charge in [0, 0.05) is 16.8 Å². The molecule has 2 aromatic rings. The van der Waals surface area contributed by atoms with Crippen molar-refractivity contribution in [3.05, 3.63) is 59.1 Å². The van der Waals surface area contributed by atoms with Gasteiger partial charge in [-0.05, 0) is 55.7 Å². The Labute approximate surface area is 119 Å². The predicted molar refractivity (Wildman–Crippen MR) is 81.0 cm³/mol. The molecule has 2 rings (SSSR count). The normalized spacial score (nSPS) is 12.1. The quantitative estimate of drug-likeness (QED) is 0.843. The molecule has 1 unspecified atom stereocenters. The van der Waals surface area contributed by atoms with Crippen LogP contribution in [0.2, 0.25) is 5.02 Å². The average molecular weight is 276 g/mol. The molecule has 0 fully saturated rings. The summed E-state index contributed by atoms with van der Waals surface area (Å²) >= 11 is 5.95. The summed E-state index contributed by atoms with van der Waals surface area (Å²) in [5.74, 6) is 0.314. The van der Waals surface area contributed by atoms with Crippen LogP contribution in [0.4, 0.5) is 5.69 Å². The summed E-state index contributed by atoms with van der Waals surface area (Å²) in [4.78, 5) is 0. The van der Waals surface area contributed by atoms with E-state index in [0.717, 1.165) is 23.6 Å². The Kier molecular flexibility index (Phi) is 4.69. The van der Waals surface area contributed by atoms with E-state index in [9.17, 15) is 5.11 Å². The van der Waals surface area contributed by atoms with Gasteiger partial charge in [-0.2, -0.15) is 0 Å². The van der Waals surface area contributed by atoms with Gasteiger partial charge in [0.2, 0.25) is 0 Å². The predicted octanol–water partition coefficient (Wildman–Crippen LogP) is 4.48. The third kappa shape index (κ3) is 4.49. The second-order valence-corrected chi connectivity index (χ2v) is 5.20. The molecule has 0 saturated carbocycles. The maximum atomic E-state index is 9.23. The van der Waals surface area contributed by atoms with E-state index in [1.807, 2.05) is 36.4 Å². The zero-order chi connectivity index (χ0) is 13.7. The number of phenols is 1. The van der Waals surface area contributed by atoms with Crippen molar-refractivity contribution >= 4 is 17.3 Å². The standard InChI is InChI=1S/C16H18ClNO/c1-12(18-15-4-2-3-14(17)11-15)5-6-13-7-9-16(19)10-8-13/h2-4,7-12,18-19H,5-6H2,1H3. The first-order valence-electron chi connectivity index (χ1n) is 6.43. The number of rotatable bonds is 5. The third-order valence-electron chi connectivity index (χ3n) is 3.04. The van der Waals surface area contributed by atoms with Crippen LogP contribution < -0.4 is 5.32 Å². The van der Waals surface area contributed by atoms with Crippen LogP contribution in [0.1, 0.15) is 18.9 Å². The number of hydrogen-bond acceptors (Lipinski definition) is 2. The van der Waals surface area contributed by atoms with Crippen molar-refractivity contribution in [3.63, 3.8) is 0 Å². The molecule has 0 heterocycles. The van der Waals surface area contributed by atoms with Crippen molar-refractivity contribution < 1.29 is 5.11 Å². The molecule has 2 aromatic carbocycles. The van der Waals surface area contributed by atoms with Crippen molar-refractivity contribution in [1.29, 1.82) is 0 Å². The molecule has 0 aliphatic rings. The van der Waals surface area contributed by atoms with Crippen molar-refractivity contribution in [1.82, 2.24) is 0 Å². The summed E-state index contributed by atoms with van der Waals surface area (Å²) in [6.07, 6.45) is 2.01. The highest BCUT2D eigenvalue weighted by atomic mass is 35.5. The molecule has 2 N–H and O–H groups in total. The Bertz CT molecular complexity index is 525. The van der Waals surface area contributed by atoms with Crippen molar-refractivity contribution in [2.24, 2.45) is 0 Å². The van der Waals surface area contributed by atoms with Gasteiger partial charge in [0.05, 0.1) is 0 Å². The van der Waals surface area contributed by atoms with Gasteiger partial charge in [-0.15, -0.1) is 0 Å². The molecule has 19 heavy (non-hydrogen) atoms. The molecule has 3 heteroatoms. The fraction of sp³-hybridized carbons (Fsp3) is 0.250. The minimum atomic E-state index is 0.314. The van der Waals surface area contributed by atoms with Crippen molar-refractivity contribution in [2.75, 3.05) is 5.32 Å². The van der Waals surface area contributed by atoms with Crippen LogP contribution in [-0.2, 0) is 6.42 Å². The van der Waals surface area contributed by atoms with Gasteiger partial charge >= 0.3 is 0 Å². The van der Waals surface area contributed by atoms with Crippen LogP contribution in [0.25, 0.3) is 0 Å². The highest BCUT2D eigenvalue weighted by Gasteiger charge is 2.03. The SMILES string of the molecule is CC(CCc1ccc(O)cc1)Nc1cccc(Cl)c1. The maximum absolute atomic E-state index is 9.23. The summed E-state index contributed by atoms with van der Waals surface area (Å²) in [5, 5.41) is 13.4. The molecule has 0 aliphatic carbocycles. The van der Waals surface area contributed by atoms with E-state index in [1.54, 1.807) is 12.1 Å². The van der Waals surface area contributed by atoms with E-state index in [4.69, 9.17) is 11.6 Å². The Morgan fingerprint density at radius 2 is 1.89 bits per heavy atom. The van der Waals surface area contributed by atoms with Crippen LogP contribution in [-0.4, -0.2) is 11.1 Å². The molecular formula is C16H18ClNO. The second-order valence-electron chi connectivity index (χ2n) is 4.76. The number of anilines is 1. The minimum Gasteiger partial charge on any atom is -0.508 e. The van der Waals surface area contributed by atoms with Gasteiger partial charge in [0.1, 0.15) is 5.75 Å². The van der Waals surface area contributed by atoms with Gasteiger partial charge in [0.15, 0.2) is 0 Å². The number of aromatic hydroxyl groups is 1. The molecule has 1 atom stereocenters. The number of hydrogen-bond donors (Lipinski definition) is 2. The largest absolute Gasteiger partial charge is 0.508 e. The highest BCUT2D eigenvalue weighted by molar-refractivity contribution is 6.30. The lowest BCUT2D eigenvalue weighted by atomic mass is 10.1. The van der Waals surface area contributed by atoms with E-state index >= 15 is 0 Å². The van der Waals surface area contributed by atoms with Crippen LogP contribution in [0.5, 0.6) is 5.75 Å². The molecule has 0 radical (unpaired) electrons. The summed E-state index contributed by atoms with van der Waals surface area (Å²) in [6, 6.07) is 15.5. The first-order chi connectivity index (χ1) is 9.13. The summed E-state index contributed by atoms with van der Waals surface area (Å²) in [5.41, 5.74) is 2.28. The average Bonchev–Trinajstić information content (AvgIpc) is 2.38. The minimum absolute atomic E-state index is 0.314. The van der Waals surface area contributed by atoms with Gasteiger partial charge in [-0.25, -0.2) is 0 Å². The first-order valence-corrected chi connectivity index (χ1v) is 6.81. The third-order valence-corrected chi connectivity index (χ3v) is 3.28. The van der Waals surface area contributed by atoms with Crippen LogP contribution in [0, 0.1) is 0 Å². The number of nitrogens with one attached hydrogen (secondary N) is 1. The molecule has 0 amide bonds. The fourth-order valence-corrected chi connectivity index (χ4v) is 2.17. The molecule has 0 aliphatic heterocycles. The van der Waals surface area contributed by atoms with E-state index < -0.39 is 0 Å². The van der Waals surface area contributed by atoms with E-state index in [2.05, 4.69) is 12.2 Å². The monoisotopic (exact) mass is 275 g/mol. The lowest BCUT2D eigenvalue weighted by molar-refractivity contribution is 0.475. The zero-order valence-electron chi connectivity index (χ0n) is 10.9. The van der Waals surface area contributed by atoms with E-state index in [1.165, 1.54) is 5.56 Å². The number of benzene rings is 2. The van der Waals surface area contributed by atoms with Crippen LogP contribution in [0.15, 0.2) is 48.5 Å². The molecule has 0 saturated heterocycles. The zero-order valence-corrected chi connectivity index (χ0v) is 11.7. The number of aryl methyl sites for hydroxylation is 1. The summed E-state index contributed by atoms with van der Waals surface area (Å²) in [7, 11) is 0. The molecule has 0 aromatic heterocycles. The first kappa shape index (κ1) is 13.8. The Hall–Kier alpha value is -1.67. The maximum Gasteiger partial charge on any atom is 0.115 e. The second kappa shape index (κ2) is 6.48. The van der Waals surface area contributed by atoms with Crippen molar-refractivity contribution in [2.45, 2.75) is 25.8 Å². The lowest BCUT2D eigenvalue weighted by Gasteiger charge is -2.15. The smallest absolute Gasteiger partial charge is 0.115 e. The fourth-order valence-electron chi connectivity index (χ4n) is 1.98. The van der Waals surface area contributed by atoms with Crippen molar-refractivity contribution in [3.8, 4) is 5.75 Å². The molecule has 100 valence electrons. The Morgan fingerprint density at radius 3 is 2.58 bits per heavy atom. The van der Waals surface area contributed by atoms with E-state index in [-0.39, 0.29) is 0 Å². The summed E-state index contributed by atoms with van der Waals surface area (Å²) < 4.78 is 0. The molecular weight excluding hydrogens is 258 g/mol. The van der Waals surface area contributed by atoms with Crippen LogP contribution in [0.3, 0.4) is 0 Å². The van der Waals surface area contributed by atoms with Gasteiger partial charge in [-0.3, -0.25) is 0 Å². The molecule has 2 nitrogen and oxygen atoms in total. The Balaban J connectivity index is 1.84. The Morgan fingerprint density at radius 1 is 1.16 bits per heavy atom. The van der Waals surface area contributed by atoms with Gasteiger partial charge < -0.3 is 10.4 Å². The topological polar surface area (TPSA) is 32.3 Å². The summed E-state index contributed by atoms with van der Waals surface area (Å²) in [6.45, 7) is 2.15.